The van der Waals surface area contributed by atoms with Gasteiger partial charge in [-0.3, -0.25) is 0 Å². The van der Waals surface area contributed by atoms with Crippen molar-refractivity contribution in [2.24, 2.45) is 0 Å². The predicted molar refractivity (Wildman–Crippen MR) is 54.1 cm³/mol. The number of hydrogen-bond donors (Lipinski definition) is 1. The lowest BCUT2D eigenvalue weighted by Crippen LogP contribution is -2.20. The molecule has 2 rings (SSSR count). The molecule has 2 atom stereocenters. The molecule has 4 heteroatoms. The second kappa shape index (κ2) is 4.37. The lowest BCUT2D eigenvalue weighted by atomic mass is 10.2. The van der Waals surface area contributed by atoms with E-state index in [4.69, 9.17) is 4.74 Å². The second-order valence-electron chi connectivity index (χ2n) is 3.62. The van der Waals surface area contributed by atoms with Crippen LogP contribution in [0.15, 0.2) is 18.6 Å². The fourth-order valence-corrected chi connectivity index (χ4v) is 1.65. The first-order valence-corrected chi connectivity index (χ1v) is 5.00. The average Bonchev–Trinajstić information content (AvgIpc) is 2.63. The summed E-state index contributed by atoms with van der Waals surface area (Å²) in [6.07, 6.45) is 6.32. The number of nitrogens with one attached hydrogen (secondary N) is 1. The Morgan fingerprint density at radius 1 is 1.57 bits per heavy atom. The number of rotatable bonds is 3. The highest BCUT2D eigenvalue weighted by Crippen LogP contribution is 2.18. The molecule has 0 saturated carbocycles. The zero-order chi connectivity index (χ0) is 9.80. The predicted octanol–water partition coefficient (Wildman–Crippen LogP) is 1.46. The van der Waals surface area contributed by atoms with Crippen LogP contribution in [0.5, 0.6) is 0 Å². The number of ether oxygens (including phenoxy) is 1. The van der Waals surface area contributed by atoms with Gasteiger partial charge in [0.25, 0.3) is 0 Å². The standard InChI is InChI=1S/C10H15N3O/c1-8-2-3-9(14-8)6-12-10-4-5-11-7-13-10/h4-5,7-9H,2-3,6H2,1H3,(H,11,12,13). The van der Waals surface area contributed by atoms with Crippen LogP contribution in [0.4, 0.5) is 5.82 Å². The van der Waals surface area contributed by atoms with Crippen molar-refractivity contribution in [3.63, 3.8) is 0 Å². The number of hydrogen-bond acceptors (Lipinski definition) is 4. The van der Waals surface area contributed by atoms with E-state index in [9.17, 15) is 0 Å². The first kappa shape index (κ1) is 9.40. The quantitative estimate of drug-likeness (QED) is 0.789. The third kappa shape index (κ3) is 2.42. The lowest BCUT2D eigenvalue weighted by Gasteiger charge is -2.12. The SMILES string of the molecule is CC1CCC(CNc2ccncn2)O1. The van der Waals surface area contributed by atoms with E-state index in [2.05, 4.69) is 22.2 Å². The summed E-state index contributed by atoms with van der Waals surface area (Å²) in [5.41, 5.74) is 0. The van der Waals surface area contributed by atoms with Gasteiger partial charge in [-0.1, -0.05) is 0 Å². The van der Waals surface area contributed by atoms with Crippen LogP contribution in [0.3, 0.4) is 0 Å². The Bertz CT molecular complexity index is 278. The van der Waals surface area contributed by atoms with Gasteiger partial charge in [-0.2, -0.15) is 0 Å². The fourth-order valence-electron chi connectivity index (χ4n) is 1.65. The molecular weight excluding hydrogens is 178 g/mol. The maximum Gasteiger partial charge on any atom is 0.129 e. The second-order valence-corrected chi connectivity index (χ2v) is 3.62. The van der Waals surface area contributed by atoms with Crippen LogP contribution in [0.2, 0.25) is 0 Å². The largest absolute Gasteiger partial charge is 0.373 e. The molecule has 76 valence electrons. The van der Waals surface area contributed by atoms with Crippen LogP contribution in [-0.4, -0.2) is 28.7 Å². The molecule has 0 spiro atoms. The van der Waals surface area contributed by atoms with Crippen LogP contribution < -0.4 is 5.32 Å². The highest BCUT2D eigenvalue weighted by atomic mass is 16.5. The van der Waals surface area contributed by atoms with Crippen LogP contribution in [0.1, 0.15) is 19.8 Å². The molecule has 1 aromatic heterocycles. The molecule has 1 aliphatic rings. The Kier molecular flexibility index (Phi) is 2.93. The van der Waals surface area contributed by atoms with Gasteiger partial charge in [0.1, 0.15) is 12.1 Å². The maximum absolute atomic E-state index is 5.68. The number of aromatic nitrogens is 2. The van der Waals surface area contributed by atoms with Crippen molar-refractivity contribution in [2.75, 3.05) is 11.9 Å². The summed E-state index contributed by atoms with van der Waals surface area (Å²) in [5, 5.41) is 3.23. The van der Waals surface area contributed by atoms with E-state index in [-0.39, 0.29) is 0 Å². The van der Waals surface area contributed by atoms with Crippen LogP contribution >= 0.6 is 0 Å². The normalized spacial score (nSPS) is 26.4. The van der Waals surface area contributed by atoms with Crippen molar-refractivity contribution in [2.45, 2.75) is 32.0 Å². The summed E-state index contributed by atoms with van der Waals surface area (Å²) < 4.78 is 5.68. The molecule has 0 radical (unpaired) electrons. The van der Waals surface area contributed by atoms with Crippen LogP contribution in [-0.2, 0) is 4.74 Å². The minimum absolute atomic E-state index is 0.333. The summed E-state index contributed by atoms with van der Waals surface area (Å²) >= 11 is 0. The van der Waals surface area contributed by atoms with Crippen molar-refractivity contribution >= 4 is 5.82 Å². The lowest BCUT2D eigenvalue weighted by molar-refractivity contribution is 0.0636. The third-order valence-corrected chi connectivity index (χ3v) is 2.41. The molecule has 0 aliphatic carbocycles. The van der Waals surface area contributed by atoms with Gasteiger partial charge in [0, 0.05) is 12.7 Å². The van der Waals surface area contributed by atoms with E-state index in [0.29, 0.717) is 12.2 Å². The molecule has 1 aliphatic heterocycles. The summed E-state index contributed by atoms with van der Waals surface area (Å²) in [4.78, 5) is 7.94. The minimum atomic E-state index is 0.333. The Morgan fingerprint density at radius 3 is 3.14 bits per heavy atom. The Balaban J connectivity index is 1.78. The van der Waals surface area contributed by atoms with E-state index >= 15 is 0 Å². The Labute approximate surface area is 83.7 Å². The molecule has 4 nitrogen and oxygen atoms in total. The van der Waals surface area contributed by atoms with E-state index in [0.717, 1.165) is 25.2 Å². The fraction of sp³-hybridized carbons (Fsp3) is 0.600. The maximum atomic E-state index is 5.68. The molecule has 0 bridgehead atoms. The topological polar surface area (TPSA) is 47.0 Å². The number of nitrogens with zero attached hydrogens (tertiary/aromatic N) is 2. The molecule has 2 unspecified atom stereocenters. The molecule has 1 fully saturated rings. The Morgan fingerprint density at radius 2 is 2.50 bits per heavy atom. The summed E-state index contributed by atoms with van der Waals surface area (Å²) in [5.74, 6) is 0.864. The average molecular weight is 193 g/mol. The molecule has 1 saturated heterocycles. The molecule has 2 heterocycles. The first-order chi connectivity index (χ1) is 6.84. The van der Waals surface area contributed by atoms with Crippen molar-refractivity contribution in [1.82, 2.24) is 9.97 Å². The van der Waals surface area contributed by atoms with Gasteiger partial charge in [-0.25, -0.2) is 9.97 Å². The monoisotopic (exact) mass is 193 g/mol. The molecular formula is C10H15N3O. The van der Waals surface area contributed by atoms with Crippen LogP contribution in [0.25, 0.3) is 0 Å². The van der Waals surface area contributed by atoms with Gasteiger partial charge in [-0.05, 0) is 25.8 Å². The zero-order valence-corrected chi connectivity index (χ0v) is 8.31. The van der Waals surface area contributed by atoms with E-state index in [1.165, 1.54) is 0 Å². The van der Waals surface area contributed by atoms with E-state index in [1.54, 1.807) is 12.5 Å². The molecule has 1 aromatic rings. The Hall–Kier alpha value is -1.16. The van der Waals surface area contributed by atoms with Crippen molar-refractivity contribution in [1.29, 1.82) is 0 Å². The van der Waals surface area contributed by atoms with Gasteiger partial charge in [0.2, 0.25) is 0 Å². The van der Waals surface area contributed by atoms with Gasteiger partial charge in [0.15, 0.2) is 0 Å². The molecule has 0 amide bonds. The summed E-state index contributed by atoms with van der Waals surface area (Å²) in [6.45, 7) is 2.95. The molecule has 1 N–H and O–H groups in total. The third-order valence-electron chi connectivity index (χ3n) is 2.41. The summed E-state index contributed by atoms with van der Waals surface area (Å²) in [7, 11) is 0. The smallest absolute Gasteiger partial charge is 0.129 e. The van der Waals surface area contributed by atoms with Gasteiger partial charge >= 0.3 is 0 Å². The van der Waals surface area contributed by atoms with Crippen molar-refractivity contribution < 1.29 is 4.74 Å². The highest BCUT2D eigenvalue weighted by Gasteiger charge is 2.21. The summed E-state index contributed by atoms with van der Waals surface area (Å²) in [6, 6.07) is 1.86. The van der Waals surface area contributed by atoms with Gasteiger partial charge in [-0.15, -0.1) is 0 Å². The van der Waals surface area contributed by atoms with Gasteiger partial charge < -0.3 is 10.1 Å². The van der Waals surface area contributed by atoms with E-state index in [1.807, 2.05) is 6.07 Å². The molecule has 14 heavy (non-hydrogen) atoms. The molecule has 0 aromatic carbocycles. The van der Waals surface area contributed by atoms with Gasteiger partial charge in [0.05, 0.1) is 12.2 Å². The zero-order valence-electron chi connectivity index (χ0n) is 8.31. The minimum Gasteiger partial charge on any atom is -0.373 e. The van der Waals surface area contributed by atoms with E-state index < -0.39 is 0 Å². The van der Waals surface area contributed by atoms with Crippen LogP contribution in [0, 0.1) is 0 Å². The first-order valence-electron chi connectivity index (χ1n) is 5.00. The van der Waals surface area contributed by atoms with Crippen molar-refractivity contribution in [3.05, 3.63) is 18.6 Å². The van der Waals surface area contributed by atoms with Crippen molar-refractivity contribution in [3.8, 4) is 0 Å². The highest BCUT2D eigenvalue weighted by molar-refractivity contribution is 5.31. The number of anilines is 1.